The highest BCUT2D eigenvalue weighted by Gasteiger charge is 2.32. The van der Waals surface area contributed by atoms with E-state index in [4.69, 9.17) is 9.47 Å². The molecule has 1 aromatic carbocycles. The molecule has 0 atom stereocenters. The van der Waals surface area contributed by atoms with Crippen molar-refractivity contribution in [3.05, 3.63) is 49.1 Å². The Bertz CT molecular complexity index is 521. The van der Waals surface area contributed by atoms with Gasteiger partial charge >= 0.3 is 0 Å². The number of hydrogen-bond acceptors (Lipinski definition) is 4. The number of rotatable bonds is 10. The highest BCUT2D eigenvalue weighted by atomic mass is 16.5. The summed E-state index contributed by atoms with van der Waals surface area (Å²) in [5.41, 5.74) is 0.908. The molecule has 0 saturated heterocycles. The van der Waals surface area contributed by atoms with Gasteiger partial charge in [-0.05, 0) is 18.9 Å². The lowest BCUT2D eigenvalue weighted by Gasteiger charge is -2.28. The monoisotopic (exact) mass is 317 g/mol. The van der Waals surface area contributed by atoms with Gasteiger partial charge in [0, 0.05) is 23.7 Å². The molecule has 126 valence electrons. The smallest absolute Gasteiger partial charge is 0.127 e. The molecule has 2 rings (SSSR count). The molecule has 4 heteroatoms. The summed E-state index contributed by atoms with van der Waals surface area (Å²) >= 11 is 0. The van der Waals surface area contributed by atoms with E-state index < -0.39 is 0 Å². The van der Waals surface area contributed by atoms with Crippen LogP contribution in [0, 0.1) is 0 Å². The van der Waals surface area contributed by atoms with Crippen molar-refractivity contribution in [3.8, 4) is 11.5 Å². The molecule has 2 N–H and O–H groups in total. The molecule has 23 heavy (non-hydrogen) atoms. The predicted molar refractivity (Wildman–Crippen MR) is 93.0 cm³/mol. The molecular formula is C19H27NO3. The first-order chi connectivity index (χ1) is 11.2. The molecule has 0 heterocycles. The minimum Gasteiger partial charge on any atom is -0.489 e. The first-order valence-corrected chi connectivity index (χ1v) is 8.19. The molecule has 1 fully saturated rings. The van der Waals surface area contributed by atoms with E-state index in [9.17, 15) is 5.11 Å². The zero-order valence-electron chi connectivity index (χ0n) is 13.7. The number of nitrogens with one attached hydrogen (secondary N) is 1. The molecule has 0 amide bonds. The van der Waals surface area contributed by atoms with E-state index in [1.807, 2.05) is 18.2 Å². The van der Waals surface area contributed by atoms with Crippen molar-refractivity contribution < 1.29 is 14.6 Å². The maximum Gasteiger partial charge on any atom is 0.127 e. The molecule has 0 unspecified atom stereocenters. The molecule has 0 bridgehead atoms. The molecular weight excluding hydrogens is 290 g/mol. The van der Waals surface area contributed by atoms with Crippen molar-refractivity contribution in [2.75, 3.05) is 19.8 Å². The van der Waals surface area contributed by atoms with Crippen molar-refractivity contribution in [3.63, 3.8) is 0 Å². The highest BCUT2D eigenvalue weighted by molar-refractivity contribution is 5.41. The van der Waals surface area contributed by atoms with Gasteiger partial charge in [-0.2, -0.15) is 0 Å². The molecule has 1 aromatic rings. The van der Waals surface area contributed by atoms with Crippen LogP contribution < -0.4 is 14.8 Å². The first kappa shape index (κ1) is 17.6. The van der Waals surface area contributed by atoms with Gasteiger partial charge in [0.25, 0.3) is 0 Å². The Hall–Kier alpha value is -1.78. The Balaban J connectivity index is 2.08. The van der Waals surface area contributed by atoms with Crippen LogP contribution in [0.4, 0.5) is 0 Å². The maximum atomic E-state index is 9.71. The Morgan fingerprint density at radius 2 is 1.83 bits per heavy atom. The second kappa shape index (κ2) is 8.75. The van der Waals surface area contributed by atoms with E-state index >= 15 is 0 Å². The molecule has 4 nitrogen and oxygen atoms in total. The molecule has 1 aliphatic rings. The van der Waals surface area contributed by atoms with Crippen LogP contribution in [0.5, 0.6) is 11.5 Å². The molecule has 0 aromatic heterocycles. The summed E-state index contributed by atoms with van der Waals surface area (Å²) in [6, 6.07) is 5.83. The lowest BCUT2D eigenvalue weighted by molar-refractivity contribution is 0.162. The van der Waals surface area contributed by atoms with Gasteiger partial charge in [-0.3, -0.25) is 0 Å². The van der Waals surface area contributed by atoms with Crippen LogP contribution in [0.2, 0.25) is 0 Å². The summed E-state index contributed by atoms with van der Waals surface area (Å²) in [6.45, 7) is 9.10. The molecule has 1 saturated carbocycles. The largest absolute Gasteiger partial charge is 0.489 e. The van der Waals surface area contributed by atoms with Crippen LogP contribution in [-0.4, -0.2) is 30.5 Å². The van der Waals surface area contributed by atoms with Gasteiger partial charge in [0.1, 0.15) is 24.7 Å². The summed E-state index contributed by atoms with van der Waals surface area (Å²) < 4.78 is 11.3. The van der Waals surface area contributed by atoms with Crippen molar-refractivity contribution in [2.24, 2.45) is 0 Å². The van der Waals surface area contributed by atoms with Crippen LogP contribution in [-0.2, 0) is 6.54 Å². The lowest BCUT2D eigenvalue weighted by atomic mass is 9.98. The van der Waals surface area contributed by atoms with E-state index in [0.29, 0.717) is 19.8 Å². The van der Waals surface area contributed by atoms with E-state index in [1.54, 1.807) is 12.2 Å². The topological polar surface area (TPSA) is 50.7 Å². The fourth-order valence-corrected chi connectivity index (χ4v) is 2.93. The molecule has 1 aliphatic carbocycles. The average Bonchev–Trinajstić information content (AvgIpc) is 3.06. The van der Waals surface area contributed by atoms with Crippen molar-refractivity contribution in [2.45, 2.75) is 37.8 Å². The van der Waals surface area contributed by atoms with Crippen molar-refractivity contribution >= 4 is 0 Å². The van der Waals surface area contributed by atoms with E-state index in [-0.39, 0.29) is 12.1 Å². The fraction of sp³-hybridized carbons (Fsp3) is 0.474. The van der Waals surface area contributed by atoms with Gasteiger partial charge in [-0.15, -0.1) is 0 Å². The van der Waals surface area contributed by atoms with Gasteiger partial charge in [0.05, 0.1) is 6.61 Å². The fourth-order valence-electron chi connectivity index (χ4n) is 2.93. The second-order valence-corrected chi connectivity index (χ2v) is 5.97. The van der Waals surface area contributed by atoms with Gasteiger partial charge in [0.15, 0.2) is 0 Å². The van der Waals surface area contributed by atoms with E-state index in [0.717, 1.165) is 29.9 Å². The number of hydrogen-bond donors (Lipinski definition) is 2. The van der Waals surface area contributed by atoms with Crippen molar-refractivity contribution in [1.82, 2.24) is 5.32 Å². The Morgan fingerprint density at radius 3 is 2.48 bits per heavy atom. The quantitative estimate of drug-likeness (QED) is 0.651. The van der Waals surface area contributed by atoms with Crippen LogP contribution in [0.15, 0.2) is 43.5 Å². The second-order valence-electron chi connectivity index (χ2n) is 5.97. The Labute approximate surface area is 138 Å². The minimum absolute atomic E-state index is 0.145. The van der Waals surface area contributed by atoms with Gasteiger partial charge in [0.2, 0.25) is 0 Å². The lowest BCUT2D eigenvalue weighted by Crippen LogP contribution is -2.45. The zero-order chi connectivity index (χ0) is 16.5. The SMILES string of the molecule is C=CCOc1ccc(CNC2(CO)CCCC2)c(OCC=C)c1. The van der Waals surface area contributed by atoms with Crippen LogP contribution in [0.1, 0.15) is 31.2 Å². The standard InChI is InChI=1S/C19H27NO3/c1-3-11-22-17-8-7-16(18(13-17)23-12-4-2)14-20-19(15-21)9-5-6-10-19/h3-4,7-8,13,20-21H,1-2,5-6,9-12,14-15H2. The Kier molecular flexibility index (Phi) is 6.68. The average molecular weight is 317 g/mol. The third-order valence-corrected chi connectivity index (χ3v) is 4.28. The van der Waals surface area contributed by atoms with Crippen LogP contribution >= 0.6 is 0 Å². The highest BCUT2D eigenvalue weighted by Crippen LogP contribution is 2.31. The third kappa shape index (κ3) is 4.85. The Morgan fingerprint density at radius 1 is 1.13 bits per heavy atom. The summed E-state index contributed by atoms with van der Waals surface area (Å²) in [4.78, 5) is 0. The van der Waals surface area contributed by atoms with Crippen molar-refractivity contribution in [1.29, 1.82) is 0 Å². The summed E-state index contributed by atoms with van der Waals surface area (Å²) in [5.74, 6) is 1.54. The third-order valence-electron chi connectivity index (χ3n) is 4.28. The first-order valence-electron chi connectivity index (χ1n) is 8.19. The van der Waals surface area contributed by atoms with Gasteiger partial charge in [-0.1, -0.05) is 44.2 Å². The minimum atomic E-state index is -0.145. The molecule has 0 spiro atoms. The molecule has 0 aliphatic heterocycles. The van der Waals surface area contributed by atoms with Crippen LogP contribution in [0.25, 0.3) is 0 Å². The number of aliphatic hydroxyl groups is 1. The number of aliphatic hydroxyl groups excluding tert-OH is 1. The maximum absolute atomic E-state index is 9.71. The van der Waals surface area contributed by atoms with Crippen LogP contribution in [0.3, 0.4) is 0 Å². The van der Waals surface area contributed by atoms with Gasteiger partial charge < -0.3 is 19.9 Å². The van der Waals surface area contributed by atoms with Gasteiger partial charge in [-0.25, -0.2) is 0 Å². The zero-order valence-corrected chi connectivity index (χ0v) is 13.7. The van der Waals surface area contributed by atoms with E-state index in [1.165, 1.54) is 12.8 Å². The summed E-state index contributed by atoms with van der Waals surface area (Å²) in [5, 5.41) is 13.2. The summed E-state index contributed by atoms with van der Waals surface area (Å²) in [7, 11) is 0. The van der Waals surface area contributed by atoms with E-state index in [2.05, 4.69) is 18.5 Å². The predicted octanol–water partition coefficient (Wildman–Crippen LogP) is 3.21. The molecule has 0 radical (unpaired) electrons. The normalized spacial score (nSPS) is 16.0. The summed E-state index contributed by atoms with van der Waals surface area (Å²) in [6.07, 6.45) is 7.81. The number of ether oxygens (including phenoxy) is 2. The number of benzene rings is 1.